The number of aryl methyl sites for hydroxylation is 1. The van der Waals surface area contributed by atoms with E-state index in [4.69, 9.17) is 5.11 Å². The highest BCUT2D eigenvalue weighted by Gasteiger charge is 2.19. The zero-order valence-electron chi connectivity index (χ0n) is 9.62. The van der Waals surface area contributed by atoms with Crippen LogP contribution in [-0.2, 0) is 0 Å². The summed E-state index contributed by atoms with van der Waals surface area (Å²) < 4.78 is 0. The van der Waals surface area contributed by atoms with Crippen LogP contribution in [0.3, 0.4) is 0 Å². The number of pyridine rings is 2. The number of carboxylic acid groups (broad SMARTS) is 1. The minimum Gasteiger partial charge on any atom is -0.478 e. The van der Waals surface area contributed by atoms with Crippen LogP contribution in [0.4, 0.5) is 0 Å². The molecule has 0 aromatic carbocycles. The molecule has 0 spiro atoms. The molecule has 0 aliphatic rings. The lowest BCUT2D eigenvalue weighted by Gasteiger charge is -2.03. The SMILES string of the molecule is Cc1ccnc(C(=O)c2ncccc2C(=O)O)c1. The Morgan fingerprint density at radius 2 is 1.94 bits per heavy atom. The van der Waals surface area contributed by atoms with E-state index in [1.54, 1.807) is 12.1 Å². The predicted octanol–water partition coefficient (Wildman–Crippen LogP) is 1.71. The van der Waals surface area contributed by atoms with Crippen LogP contribution < -0.4 is 0 Å². The van der Waals surface area contributed by atoms with Gasteiger partial charge in [0.25, 0.3) is 0 Å². The molecule has 18 heavy (non-hydrogen) atoms. The number of rotatable bonds is 3. The Hall–Kier alpha value is -2.56. The fraction of sp³-hybridized carbons (Fsp3) is 0.0769. The van der Waals surface area contributed by atoms with Gasteiger partial charge in [0.2, 0.25) is 5.78 Å². The summed E-state index contributed by atoms with van der Waals surface area (Å²) in [6.45, 7) is 1.83. The second-order valence-electron chi connectivity index (χ2n) is 3.75. The van der Waals surface area contributed by atoms with Crippen LogP contribution in [0.15, 0.2) is 36.7 Å². The Morgan fingerprint density at radius 3 is 2.61 bits per heavy atom. The molecular formula is C13H10N2O3. The molecule has 0 radical (unpaired) electrons. The number of carboxylic acids is 1. The van der Waals surface area contributed by atoms with E-state index in [2.05, 4.69) is 9.97 Å². The lowest BCUT2D eigenvalue weighted by atomic mass is 10.1. The molecule has 2 aromatic heterocycles. The van der Waals surface area contributed by atoms with Gasteiger partial charge >= 0.3 is 5.97 Å². The average Bonchev–Trinajstić information content (AvgIpc) is 2.38. The molecule has 1 N–H and O–H groups in total. The number of hydrogen-bond donors (Lipinski definition) is 1. The predicted molar refractivity (Wildman–Crippen MR) is 63.6 cm³/mol. The first kappa shape index (κ1) is 11.9. The number of nitrogens with zero attached hydrogens (tertiary/aromatic N) is 2. The molecule has 90 valence electrons. The largest absolute Gasteiger partial charge is 0.478 e. The van der Waals surface area contributed by atoms with E-state index >= 15 is 0 Å². The van der Waals surface area contributed by atoms with E-state index in [-0.39, 0.29) is 17.0 Å². The molecule has 0 atom stereocenters. The van der Waals surface area contributed by atoms with Gasteiger partial charge in [-0.3, -0.25) is 14.8 Å². The summed E-state index contributed by atoms with van der Waals surface area (Å²) in [6, 6.07) is 6.18. The molecule has 0 aliphatic carbocycles. The Bertz CT molecular complexity index is 623. The third-order valence-corrected chi connectivity index (χ3v) is 2.40. The van der Waals surface area contributed by atoms with Crippen LogP contribution in [0, 0.1) is 6.92 Å². The minimum atomic E-state index is -1.18. The first-order valence-electron chi connectivity index (χ1n) is 5.25. The Kier molecular flexibility index (Phi) is 3.14. The summed E-state index contributed by atoms with van der Waals surface area (Å²) in [7, 11) is 0. The van der Waals surface area contributed by atoms with Crippen molar-refractivity contribution < 1.29 is 14.7 Å². The van der Waals surface area contributed by atoms with Gasteiger partial charge in [0.15, 0.2) is 0 Å². The van der Waals surface area contributed by atoms with E-state index in [0.29, 0.717) is 0 Å². The van der Waals surface area contributed by atoms with Crippen molar-refractivity contribution in [3.8, 4) is 0 Å². The molecule has 0 unspecified atom stereocenters. The summed E-state index contributed by atoms with van der Waals surface area (Å²) in [5.74, 6) is -1.67. The standard InChI is InChI=1S/C13H10N2O3/c1-8-4-6-14-10(7-8)12(16)11-9(13(17)18)3-2-5-15-11/h2-7H,1H3,(H,17,18). The highest BCUT2D eigenvalue weighted by atomic mass is 16.4. The first-order chi connectivity index (χ1) is 8.59. The molecule has 5 nitrogen and oxygen atoms in total. The van der Waals surface area contributed by atoms with Crippen molar-refractivity contribution >= 4 is 11.8 Å². The monoisotopic (exact) mass is 242 g/mol. The highest BCUT2D eigenvalue weighted by Crippen LogP contribution is 2.11. The van der Waals surface area contributed by atoms with Crippen molar-refractivity contribution in [1.82, 2.24) is 9.97 Å². The number of ketones is 1. The zero-order chi connectivity index (χ0) is 13.1. The van der Waals surface area contributed by atoms with E-state index < -0.39 is 11.8 Å². The lowest BCUT2D eigenvalue weighted by molar-refractivity contribution is 0.0692. The van der Waals surface area contributed by atoms with Crippen LogP contribution in [-0.4, -0.2) is 26.8 Å². The van der Waals surface area contributed by atoms with Gasteiger partial charge in [0, 0.05) is 12.4 Å². The van der Waals surface area contributed by atoms with Gasteiger partial charge in [-0.15, -0.1) is 0 Å². The van der Waals surface area contributed by atoms with Gasteiger partial charge in [-0.2, -0.15) is 0 Å². The van der Waals surface area contributed by atoms with E-state index in [0.717, 1.165) is 5.56 Å². The zero-order valence-corrected chi connectivity index (χ0v) is 9.62. The maximum atomic E-state index is 12.1. The summed E-state index contributed by atoms with van der Waals surface area (Å²) in [4.78, 5) is 30.9. The van der Waals surface area contributed by atoms with Crippen molar-refractivity contribution in [2.24, 2.45) is 0 Å². The Labute approximate surface area is 103 Å². The maximum Gasteiger partial charge on any atom is 0.338 e. The van der Waals surface area contributed by atoms with Gasteiger partial charge in [-0.1, -0.05) is 0 Å². The van der Waals surface area contributed by atoms with Crippen LogP contribution in [0.5, 0.6) is 0 Å². The van der Waals surface area contributed by atoms with Crippen LogP contribution in [0.1, 0.15) is 32.1 Å². The second kappa shape index (κ2) is 4.75. The van der Waals surface area contributed by atoms with Crippen molar-refractivity contribution in [3.63, 3.8) is 0 Å². The average molecular weight is 242 g/mol. The third-order valence-electron chi connectivity index (χ3n) is 2.40. The van der Waals surface area contributed by atoms with Gasteiger partial charge < -0.3 is 5.11 Å². The molecule has 0 aliphatic heterocycles. The molecule has 2 aromatic rings. The van der Waals surface area contributed by atoms with Gasteiger partial charge in [0.05, 0.1) is 5.56 Å². The maximum absolute atomic E-state index is 12.1. The number of carbonyl (C=O) groups is 2. The highest BCUT2D eigenvalue weighted by molar-refractivity contribution is 6.11. The second-order valence-corrected chi connectivity index (χ2v) is 3.75. The summed E-state index contributed by atoms with van der Waals surface area (Å²) in [5.41, 5.74) is 0.853. The molecule has 0 fully saturated rings. The summed E-state index contributed by atoms with van der Waals surface area (Å²) >= 11 is 0. The van der Waals surface area contributed by atoms with Crippen molar-refractivity contribution in [2.75, 3.05) is 0 Å². The van der Waals surface area contributed by atoms with Crippen molar-refractivity contribution in [3.05, 3.63) is 59.2 Å². The number of aromatic carboxylic acids is 1. The number of hydrogen-bond acceptors (Lipinski definition) is 4. The molecule has 0 saturated heterocycles. The van der Waals surface area contributed by atoms with Gasteiger partial charge in [-0.25, -0.2) is 4.79 Å². The van der Waals surface area contributed by atoms with Crippen LogP contribution in [0.25, 0.3) is 0 Å². The molecular weight excluding hydrogens is 232 g/mol. The molecule has 0 saturated carbocycles. The summed E-state index contributed by atoms with van der Waals surface area (Å²) in [5, 5.41) is 9.00. The fourth-order valence-corrected chi connectivity index (χ4v) is 1.54. The quantitative estimate of drug-likeness (QED) is 0.829. The lowest BCUT2D eigenvalue weighted by Crippen LogP contribution is -2.13. The normalized spacial score (nSPS) is 10.1. The molecule has 5 heteroatoms. The third kappa shape index (κ3) is 2.24. The van der Waals surface area contributed by atoms with Crippen LogP contribution >= 0.6 is 0 Å². The van der Waals surface area contributed by atoms with Gasteiger partial charge in [-0.05, 0) is 36.8 Å². The fourth-order valence-electron chi connectivity index (χ4n) is 1.54. The minimum absolute atomic E-state index is 0.0944. The number of carbonyl (C=O) groups excluding carboxylic acids is 1. The van der Waals surface area contributed by atoms with Crippen LogP contribution in [0.2, 0.25) is 0 Å². The molecule has 2 rings (SSSR count). The Balaban J connectivity index is 2.50. The number of aromatic nitrogens is 2. The first-order valence-corrected chi connectivity index (χ1v) is 5.25. The van der Waals surface area contributed by atoms with E-state index in [1.165, 1.54) is 24.5 Å². The topological polar surface area (TPSA) is 80.2 Å². The Morgan fingerprint density at radius 1 is 1.17 bits per heavy atom. The van der Waals surface area contributed by atoms with E-state index in [1.807, 2.05) is 6.92 Å². The van der Waals surface area contributed by atoms with E-state index in [9.17, 15) is 9.59 Å². The molecule has 0 amide bonds. The van der Waals surface area contributed by atoms with Crippen molar-refractivity contribution in [2.45, 2.75) is 6.92 Å². The van der Waals surface area contributed by atoms with Gasteiger partial charge in [0.1, 0.15) is 11.4 Å². The molecule has 2 heterocycles. The summed E-state index contributed by atoms with van der Waals surface area (Å²) in [6.07, 6.45) is 2.89. The molecule has 0 bridgehead atoms. The van der Waals surface area contributed by atoms with Crippen molar-refractivity contribution in [1.29, 1.82) is 0 Å². The smallest absolute Gasteiger partial charge is 0.338 e.